The molecule has 1 aliphatic rings. The van der Waals surface area contributed by atoms with Crippen LogP contribution in [0.3, 0.4) is 0 Å². The van der Waals surface area contributed by atoms with E-state index in [1.54, 1.807) is 0 Å². The lowest BCUT2D eigenvalue weighted by molar-refractivity contribution is 0.390. The standard InChI is InChI=1S/C36H54N2O2/c1-11-23(3)25-17-27(33(39)29(19-25)35(5,6)7)21-37-31-15-13-14-16-32(31)38-22-28-18-26(24(4)12-2)20-30(34(28)40)36(8,9)10/h17-24,31-32,39-40H,11-16H2,1-10H3. The van der Waals surface area contributed by atoms with Gasteiger partial charge in [-0.2, -0.15) is 0 Å². The Kier molecular flexibility index (Phi) is 10.3. The van der Waals surface area contributed by atoms with Crippen LogP contribution in [0, 0.1) is 0 Å². The summed E-state index contributed by atoms with van der Waals surface area (Å²) >= 11 is 0. The van der Waals surface area contributed by atoms with Crippen molar-refractivity contribution in [3.63, 3.8) is 0 Å². The molecule has 0 saturated heterocycles. The Balaban J connectivity index is 1.97. The topological polar surface area (TPSA) is 65.2 Å². The number of phenols is 2. The lowest BCUT2D eigenvalue weighted by atomic mass is 9.82. The normalized spacial score (nSPS) is 20.4. The van der Waals surface area contributed by atoms with Gasteiger partial charge in [-0.1, -0.05) is 94.2 Å². The molecule has 4 unspecified atom stereocenters. The summed E-state index contributed by atoms with van der Waals surface area (Å²) in [5, 5.41) is 22.4. The highest BCUT2D eigenvalue weighted by molar-refractivity contribution is 5.86. The predicted molar refractivity (Wildman–Crippen MR) is 172 cm³/mol. The second-order valence-electron chi connectivity index (χ2n) is 14.1. The van der Waals surface area contributed by atoms with Gasteiger partial charge in [-0.15, -0.1) is 0 Å². The third kappa shape index (κ3) is 7.56. The van der Waals surface area contributed by atoms with Crippen LogP contribution in [0.5, 0.6) is 11.5 Å². The number of rotatable bonds is 8. The number of phenolic OH excluding ortho intramolecular Hbond substituents is 2. The molecule has 0 amide bonds. The van der Waals surface area contributed by atoms with Crippen molar-refractivity contribution in [3.05, 3.63) is 57.6 Å². The van der Waals surface area contributed by atoms with Crippen molar-refractivity contribution < 1.29 is 10.2 Å². The average molecular weight is 547 g/mol. The van der Waals surface area contributed by atoms with Gasteiger partial charge in [0.15, 0.2) is 0 Å². The van der Waals surface area contributed by atoms with Crippen molar-refractivity contribution in [3.8, 4) is 11.5 Å². The maximum atomic E-state index is 11.2. The first kappa shape index (κ1) is 31.9. The van der Waals surface area contributed by atoms with E-state index in [9.17, 15) is 10.2 Å². The highest BCUT2D eigenvalue weighted by Crippen LogP contribution is 2.38. The largest absolute Gasteiger partial charge is 0.507 e. The van der Waals surface area contributed by atoms with Crippen LogP contribution in [-0.4, -0.2) is 34.7 Å². The van der Waals surface area contributed by atoms with Gasteiger partial charge in [0.05, 0.1) is 12.1 Å². The molecule has 2 N–H and O–H groups in total. The van der Waals surface area contributed by atoms with Gasteiger partial charge in [0, 0.05) is 34.7 Å². The number of aliphatic imine (C=N–C) groups is 2. The van der Waals surface area contributed by atoms with Gasteiger partial charge < -0.3 is 10.2 Å². The summed E-state index contributed by atoms with van der Waals surface area (Å²) in [5.41, 5.74) is 5.70. The highest BCUT2D eigenvalue weighted by Gasteiger charge is 2.26. The predicted octanol–water partition coefficient (Wildman–Crippen LogP) is 9.57. The quantitative estimate of drug-likeness (QED) is 0.324. The molecule has 1 fully saturated rings. The zero-order valence-electron chi connectivity index (χ0n) is 26.8. The minimum atomic E-state index is -0.161. The van der Waals surface area contributed by atoms with E-state index in [0.29, 0.717) is 23.3 Å². The van der Waals surface area contributed by atoms with Gasteiger partial charge in [-0.05, 0) is 71.6 Å². The van der Waals surface area contributed by atoms with Gasteiger partial charge in [0.25, 0.3) is 0 Å². The van der Waals surface area contributed by atoms with Gasteiger partial charge in [0.2, 0.25) is 0 Å². The van der Waals surface area contributed by atoms with Crippen LogP contribution < -0.4 is 0 Å². The Morgan fingerprint density at radius 1 is 0.700 bits per heavy atom. The Hall–Kier alpha value is -2.62. The summed E-state index contributed by atoms with van der Waals surface area (Å²) in [4.78, 5) is 10.1. The maximum Gasteiger partial charge on any atom is 0.128 e. The van der Waals surface area contributed by atoms with Crippen LogP contribution in [0.4, 0.5) is 0 Å². The summed E-state index contributed by atoms with van der Waals surface area (Å²) in [7, 11) is 0. The van der Waals surface area contributed by atoms with Gasteiger partial charge in [0.1, 0.15) is 11.5 Å². The summed E-state index contributed by atoms with van der Waals surface area (Å²) in [6.07, 6.45) is 10.1. The van der Waals surface area contributed by atoms with Crippen molar-refractivity contribution in [2.75, 3.05) is 0 Å². The Bertz CT molecular complexity index is 1120. The fraction of sp³-hybridized carbons (Fsp3) is 0.611. The van der Waals surface area contributed by atoms with Crippen molar-refractivity contribution in [1.82, 2.24) is 0 Å². The third-order valence-electron chi connectivity index (χ3n) is 8.81. The smallest absolute Gasteiger partial charge is 0.128 e. The second-order valence-corrected chi connectivity index (χ2v) is 14.1. The third-order valence-corrected chi connectivity index (χ3v) is 8.81. The van der Waals surface area contributed by atoms with Crippen molar-refractivity contribution in [2.24, 2.45) is 9.98 Å². The molecule has 0 radical (unpaired) electrons. The minimum absolute atomic E-state index is 0.0525. The van der Waals surface area contributed by atoms with E-state index in [-0.39, 0.29) is 22.9 Å². The number of benzene rings is 2. The molecule has 220 valence electrons. The minimum Gasteiger partial charge on any atom is -0.507 e. The molecule has 1 aliphatic carbocycles. The average Bonchev–Trinajstić information content (AvgIpc) is 2.90. The lowest BCUT2D eigenvalue weighted by Crippen LogP contribution is -2.27. The molecule has 0 aliphatic heterocycles. The van der Waals surface area contributed by atoms with Gasteiger partial charge in [-0.25, -0.2) is 0 Å². The number of hydrogen-bond acceptors (Lipinski definition) is 4. The number of aromatic hydroxyl groups is 2. The van der Waals surface area contributed by atoms with Crippen LogP contribution >= 0.6 is 0 Å². The molecule has 3 rings (SSSR count). The highest BCUT2D eigenvalue weighted by atomic mass is 16.3. The molecule has 4 atom stereocenters. The molecule has 4 heteroatoms. The molecule has 4 nitrogen and oxygen atoms in total. The van der Waals surface area contributed by atoms with E-state index in [2.05, 4.69) is 93.5 Å². The van der Waals surface area contributed by atoms with Crippen LogP contribution in [0.1, 0.15) is 153 Å². The zero-order chi connectivity index (χ0) is 29.8. The molecule has 40 heavy (non-hydrogen) atoms. The molecular weight excluding hydrogens is 492 g/mol. The molecule has 0 aromatic heterocycles. The van der Waals surface area contributed by atoms with E-state index >= 15 is 0 Å². The maximum absolute atomic E-state index is 11.2. The Morgan fingerprint density at radius 3 is 1.35 bits per heavy atom. The van der Waals surface area contributed by atoms with Crippen molar-refractivity contribution in [2.45, 2.75) is 143 Å². The van der Waals surface area contributed by atoms with E-state index in [4.69, 9.17) is 9.98 Å². The first-order valence-corrected chi connectivity index (χ1v) is 15.5. The Morgan fingerprint density at radius 2 is 1.05 bits per heavy atom. The summed E-state index contributed by atoms with van der Waals surface area (Å²) in [6, 6.07) is 8.65. The van der Waals surface area contributed by atoms with E-state index in [1.165, 1.54) is 11.1 Å². The monoisotopic (exact) mass is 546 g/mol. The molecule has 0 heterocycles. The molecule has 0 bridgehead atoms. The molecule has 2 aromatic carbocycles. The summed E-state index contributed by atoms with van der Waals surface area (Å²) < 4.78 is 0. The number of hydrogen-bond donors (Lipinski definition) is 2. The van der Waals surface area contributed by atoms with Crippen LogP contribution in [0.25, 0.3) is 0 Å². The summed E-state index contributed by atoms with van der Waals surface area (Å²) in [5.74, 6) is 1.50. The van der Waals surface area contributed by atoms with E-state index in [0.717, 1.165) is 60.8 Å². The second kappa shape index (κ2) is 12.9. The van der Waals surface area contributed by atoms with Crippen LogP contribution in [-0.2, 0) is 10.8 Å². The van der Waals surface area contributed by atoms with Gasteiger partial charge in [-0.3, -0.25) is 9.98 Å². The number of nitrogens with zero attached hydrogens (tertiary/aromatic N) is 2. The first-order valence-electron chi connectivity index (χ1n) is 15.5. The van der Waals surface area contributed by atoms with Crippen LogP contribution in [0.15, 0.2) is 34.3 Å². The fourth-order valence-corrected chi connectivity index (χ4v) is 5.53. The zero-order valence-corrected chi connectivity index (χ0v) is 26.8. The van der Waals surface area contributed by atoms with E-state index in [1.807, 2.05) is 12.4 Å². The summed E-state index contributed by atoms with van der Waals surface area (Å²) in [6.45, 7) is 21.7. The first-order chi connectivity index (χ1) is 18.7. The van der Waals surface area contributed by atoms with E-state index < -0.39 is 0 Å². The molecular formula is C36H54N2O2. The lowest BCUT2D eigenvalue weighted by Gasteiger charge is -2.27. The SMILES string of the molecule is CCC(C)c1cc(C=NC2CCCCC2N=Cc2cc(C(C)CC)cc(C(C)(C)C)c2O)c(O)c(C(C)(C)C)c1. The molecule has 2 aromatic rings. The molecule has 0 spiro atoms. The fourth-order valence-electron chi connectivity index (χ4n) is 5.53. The van der Waals surface area contributed by atoms with Crippen molar-refractivity contribution in [1.29, 1.82) is 0 Å². The Labute approximate surface area is 244 Å². The van der Waals surface area contributed by atoms with Crippen molar-refractivity contribution >= 4 is 12.4 Å². The van der Waals surface area contributed by atoms with Crippen LogP contribution in [0.2, 0.25) is 0 Å². The van der Waals surface area contributed by atoms with Gasteiger partial charge >= 0.3 is 0 Å². The molecule has 1 saturated carbocycles.